The van der Waals surface area contributed by atoms with Crippen molar-refractivity contribution in [1.29, 1.82) is 0 Å². The molecule has 1 aliphatic rings. The van der Waals surface area contributed by atoms with Gasteiger partial charge in [-0.2, -0.15) is 0 Å². The number of benzene rings is 1. The number of aromatic nitrogens is 1. The van der Waals surface area contributed by atoms with E-state index in [0.717, 1.165) is 29.1 Å². The van der Waals surface area contributed by atoms with Crippen molar-refractivity contribution < 1.29 is 9.53 Å². The molecule has 5 heteroatoms. The number of hydrogen-bond donors (Lipinski definition) is 2. The molecular weight excluding hydrogens is 254 g/mol. The molecule has 3 rings (SSSR count). The summed E-state index contributed by atoms with van der Waals surface area (Å²) in [5.74, 6) is 0.907. The number of ether oxygens (including phenoxy) is 1. The van der Waals surface area contributed by atoms with Crippen LogP contribution in [0.4, 0.5) is 10.5 Å². The van der Waals surface area contributed by atoms with Crippen LogP contribution in [0.2, 0.25) is 0 Å². The molecule has 102 valence electrons. The second-order valence-corrected chi connectivity index (χ2v) is 4.55. The van der Waals surface area contributed by atoms with Gasteiger partial charge in [0.2, 0.25) is 0 Å². The molecule has 0 saturated heterocycles. The Labute approximate surface area is 117 Å². The van der Waals surface area contributed by atoms with Crippen molar-refractivity contribution in [2.45, 2.75) is 13.0 Å². The van der Waals surface area contributed by atoms with Gasteiger partial charge in [-0.3, -0.25) is 4.98 Å². The quantitative estimate of drug-likeness (QED) is 0.899. The lowest BCUT2D eigenvalue weighted by molar-refractivity contribution is 0.251. The highest BCUT2D eigenvalue weighted by molar-refractivity contribution is 5.89. The Hall–Kier alpha value is -2.56. The third-order valence-electron chi connectivity index (χ3n) is 3.10. The van der Waals surface area contributed by atoms with Crippen LogP contribution < -0.4 is 15.4 Å². The summed E-state index contributed by atoms with van der Waals surface area (Å²) in [7, 11) is 0. The molecule has 0 fully saturated rings. The largest absolute Gasteiger partial charge is 0.493 e. The monoisotopic (exact) mass is 269 g/mol. The Bertz CT molecular complexity index is 614. The highest BCUT2D eigenvalue weighted by Gasteiger charge is 2.12. The Morgan fingerprint density at radius 2 is 2.25 bits per heavy atom. The fraction of sp³-hybridized carbons (Fsp3) is 0.200. The Morgan fingerprint density at radius 3 is 3.10 bits per heavy atom. The van der Waals surface area contributed by atoms with Crippen LogP contribution in [0.1, 0.15) is 11.3 Å². The molecule has 0 spiro atoms. The number of nitrogens with one attached hydrogen (secondary N) is 2. The number of amides is 2. The lowest BCUT2D eigenvalue weighted by Crippen LogP contribution is -2.28. The van der Waals surface area contributed by atoms with E-state index in [2.05, 4.69) is 15.6 Å². The van der Waals surface area contributed by atoms with Crippen LogP contribution >= 0.6 is 0 Å². The Kier molecular flexibility index (Phi) is 3.50. The minimum Gasteiger partial charge on any atom is -0.493 e. The van der Waals surface area contributed by atoms with Crippen LogP contribution in [-0.2, 0) is 13.0 Å². The summed E-state index contributed by atoms with van der Waals surface area (Å²) in [6, 6.07) is 11.0. The smallest absolute Gasteiger partial charge is 0.319 e. The van der Waals surface area contributed by atoms with Gasteiger partial charge in [0.15, 0.2) is 0 Å². The summed E-state index contributed by atoms with van der Waals surface area (Å²) in [4.78, 5) is 16.0. The lowest BCUT2D eigenvalue weighted by Gasteiger charge is -2.08. The average Bonchev–Trinajstić information content (AvgIpc) is 2.94. The van der Waals surface area contributed by atoms with E-state index in [1.165, 1.54) is 0 Å². The zero-order valence-corrected chi connectivity index (χ0v) is 10.9. The molecule has 2 heterocycles. The van der Waals surface area contributed by atoms with E-state index in [1.54, 1.807) is 6.20 Å². The topological polar surface area (TPSA) is 63.2 Å². The summed E-state index contributed by atoms with van der Waals surface area (Å²) in [5.41, 5.74) is 2.73. The number of hydrogen-bond acceptors (Lipinski definition) is 3. The van der Waals surface area contributed by atoms with Crippen LogP contribution in [0.25, 0.3) is 0 Å². The first-order valence-electron chi connectivity index (χ1n) is 6.52. The predicted octanol–water partition coefficient (Wildman–Crippen LogP) is 2.34. The molecule has 0 radical (unpaired) electrons. The number of rotatable bonds is 3. The fourth-order valence-electron chi connectivity index (χ4n) is 2.11. The summed E-state index contributed by atoms with van der Waals surface area (Å²) in [5, 5.41) is 5.58. The number of fused-ring (bicyclic) bond motifs is 1. The van der Waals surface area contributed by atoms with Gasteiger partial charge in [0.05, 0.1) is 18.8 Å². The van der Waals surface area contributed by atoms with Gasteiger partial charge in [0.1, 0.15) is 5.75 Å². The number of anilines is 1. The minimum atomic E-state index is -0.241. The molecule has 2 N–H and O–H groups in total. The van der Waals surface area contributed by atoms with Gasteiger partial charge in [-0.1, -0.05) is 6.07 Å². The zero-order chi connectivity index (χ0) is 13.8. The van der Waals surface area contributed by atoms with Crippen molar-refractivity contribution in [2.24, 2.45) is 0 Å². The standard InChI is InChI=1S/C15H15N3O2/c19-15(17-10-13-3-1-2-7-16-13)18-12-4-5-14-11(9-12)6-8-20-14/h1-5,7,9H,6,8,10H2,(H2,17,18,19). The molecule has 0 atom stereocenters. The van der Waals surface area contributed by atoms with E-state index < -0.39 is 0 Å². The summed E-state index contributed by atoms with van der Waals surface area (Å²) < 4.78 is 5.43. The third-order valence-corrected chi connectivity index (χ3v) is 3.10. The van der Waals surface area contributed by atoms with Crippen LogP contribution in [0.3, 0.4) is 0 Å². The summed E-state index contributed by atoms with van der Waals surface area (Å²) in [6.07, 6.45) is 2.59. The number of carbonyl (C=O) groups is 1. The van der Waals surface area contributed by atoms with Crippen LogP contribution in [0.15, 0.2) is 42.6 Å². The van der Waals surface area contributed by atoms with Gasteiger partial charge in [0, 0.05) is 18.3 Å². The summed E-state index contributed by atoms with van der Waals surface area (Å²) >= 11 is 0. The fourth-order valence-corrected chi connectivity index (χ4v) is 2.11. The maximum atomic E-state index is 11.8. The molecule has 0 unspecified atom stereocenters. The van der Waals surface area contributed by atoms with Crippen molar-refractivity contribution in [3.63, 3.8) is 0 Å². The highest BCUT2D eigenvalue weighted by Crippen LogP contribution is 2.27. The molecule has 2 aromatic rings. The van der Waals surface area contributed by atoms with Gasteiger partial charge in [-0.05, 0) is 35.9 Å². The first kappa shape index (κ1) is 12.5. The molecule has 5 nitrogen and oxygen atoms in total. The van der Waals surface area contributed by atoms with E-state index in [1.807, 2.05) is 36.4 Å². The minimum absolute atomic E-state index is 0.241. The van der Waals surface area contributed by atoms with Crippen LogP contribution in [-0.4, -0.2) is 17.6 Å². The van der Waals surface area contributed by atoms with Crippen LogP contribution in [0, 0.1) is 0 Å². The normalized spacial score (nSPS) is 12.4. The average molecular weight is 269 g/mol. The molecule has 0 aliphatic carbocycles. The third kappa shape index (κ3) is 2.88. The molecule has 0 bridgehead atoms. The van der Waals surface area contributed by atoms with E-state index in [-0.39, 0.29) is 6.03 Å². The first-order valence-corrected chi connectivity index (χ1v) is 6.52. The number of pyridine rings is 1. The second-order valence-electron chi connectivity index (χ2n) is 4.55. The molecule has 0 saturated carbocycles. The molecule has 2 amide bonds. The van der Waals surface area contributed by atoms with Crippen LogP contribution in [0.5, 0.6) is 5.75 Å². The molecule has 20 heavy (non-hydrogen) atoms. The lowest BCUT2D eigenvalue weighted by atomic mass is 10.1. The SMILES string of the molecule is O=C(NCc1ccccn1)Nc1ccc2c(c1)CCO2. The van der Waals surface area contributed by atoms with Gasteiger partial charge in [0.25, 0.3) is 0 Å². The van der Waals surface area contributed by atoms with E-state index in [0.29, 0.717) is 13.2 Å². The van der Waals surface area contributed by atoms with Crippen molar-refractivity contribution in [3.05, 3.63) is 53.9 Å². The van der Waals surface area contributed by atoms with E-state index in [4.69, 9.17) is 4.74 Å². The van der Waals surface area contributed by atoms with Gasteiger partial charge >= 0.3 is 6.03 Å². The molecular formula is C15H15N3O2. The van der Waals surface area contributed by atoms with E-state index in [9.17, 15) is 4.79 Å². The molecule has 1 aliphatic heterocycles. The second kappa shape index (κ2) is 5.61. The van der Waals surface area contributed by atoms with Gasteiger partial charge in [-0.15, -0.1) is 0 Å². The molecule has 1 aromatic carbocycles. The molecule has 1 aromatic heterocycles. The Morgan fingerprint density at radius 1 is 1.30 bits per heavy atom. The maximum absolute atomic E-state index is 11.8. The highest BCUT2D eigenvalue weighted by atomic mass is 16.5. The number of urea groups is 1. The summed E-state index contributed by atoms with van der Waals surface area (Å²) in [6.45, 7) is 1.12. The van der Waals surface area contributed by atoms with Crippen molar-refractivity contribution >= 4 is 11.7 Å². The van der Waals surface area contributed by atoms with Crippen molar-refractivity contribution in [3.8, 4) is 5.75 Å². The number of carbonyl (C=O) groups excluding carboxylic acids is 1. The Balaban J connectivity index is 1.56. The van der Waals surface area contributed by atoms with Crippen molar-refractivity contribution in [1.82, 2.24) is 10.3 Å². The zero-order valence-electron chi connectivity index (χ0n) is 10.9. The maximum Gasteiger partial charge on any atom is 0.319 e. The van der Waals surface area contributed by atoms with Gasteiger partial charge < -0.3 is 15.4 Å². The predicted molar refractivity (Wildman–Crippen MR) is 75.7 cm³/mol. The first-order chi connectivity index (χ1) is 9.81. The van der Waals surface area contributed by atoms with Crippen molar-refractivity contribution in [2.75, 3.05) is 11.9 Å². The number of nitrogens with zero attached hydrogens (tertiary/aromatic N) is 1. The van der Waals surface area contributed by atoms with E-state index >= 15 is 0 Å². The van der Waals surface area contributed by atoms with Gasteiger partial charge in [-0.25, -0.2) is 4.79 Å².